The summed E-state index contributed by atoms with van der Waals surface area (Å²) in [5.41, 5.74) is 3.80. The zero-order chi connectivity index (χ0) is 13.2. The van der Waals surface area contributed by atoms with Gasteiger partial charge in [-0.1, -0.05) is 50.1 Å². The van der Waals surface area contributed by atoms with Crippen molar-refractivity contribution in [1.29, 1.82) is 0 Å². The lowest BCUT2D eigenvalue weighted by Crippen LogP contribution is -2.30. The van der Waals surface area contributed by atoms with Gasteiger partial charge >= 0.3 is 0 Å². The molecule has 1 unspecified atom stereocenters. The van der Waals surface area contributed by atoms with Gasteiger partial charge in [0.25, 0.3) is 5.56 Å². The van der Waals surface area contributed by atoms with Crippen molar-refractivity contribution in [1.82, 2.24) is 4.57 Å². The highest BCUT2D eigenvalue weighted by Crippen LogP contribution is 2.34. The SMILES string of the molecule is CCCCC1Cc2ccccc2-c2cccc(=O)n21. The van der Waals surface area contributed by atoms with Crippen LogP contribution < -0.4 is 5.56 Å². The summed E-state index contributed by atoms with van der Waals surface area (Å²) in [6, 6.07) is 14.4. The van der Waals surface area contributed by atoms with Crippen molar-refractivity contribution in [3.8, 4) is 11.3 Å². The molecule has 98 valence electrons. The molecule has 2 heterocycles. The van der Waals surface area contributed by atoms with Crippen molar-refractivity contribution in [2.45, 2.75) is 38.6 Å². The number of benzene rings is 1. The fraction of sp³-hybridized carbons (Fsp3) is 0.353. The zero-order valence-electron chi connectivity index (χ0n) is 11.3. The summed E-state index contributed by atoms with van der Waals surface area (Å²) in [5.74, 6) is 0. The Labute approximate surface area is 113 Å². The van der Waals surface area contributed by atoms with E-state index in [2.05, 4.69) is 31.2 Å². The standard InChI is InChI=1S/C17H19NO/c1-2-3-8-14-12-13-7-4-5-9-15(13)16-10-6-11-17(19)18(14)16/h4-7,9-11,14H,2-3,8,12H2,1H3. The molecule has 3 rings (SSSR count). The van der Waals surface area contributed by atoms with E-state index >= 15 is 0 Å². The molecular weight excluding hydrogens is 234 g/mol. The Hall–Kier alpha value is -1.83. The quantitative estimate of drug-likeness (QED) is 0.815. The van der Waals surface area contributed by atoms with Gasteiger partial charge in [-0.25, -0.2) is 0 Å². The average Bonchev–Trinajstić information content (AvgIpc) is 2.45. The van der Waals surface area contributed by atoms with Gasteiger partial charge in [0.1, 0.15) is 0 Å². The van der Waals surface area contributed by atoms with Crippen molar-refractivity contribution in [2.75, 3.05) is 0 Å². The number of unbranched alkanes of at least 4 members (excludes halogenated alkanes) is 1. The fourth-order valence-corrected chi connectivity index (χ4v) is 3.06. The molecular formula is C17H19NO. The highest BCUT2D eigenvalue weighted by atomic mass is 16.1. The molecule has 0 bridgehead atoms. The zero-order valence-corrected chi connectivity index (χ0v) is 11.3. The summed E-state index contributed by atoms with van der Waals surface area (Å²) in [4.78, 5) is 12.2. The Bertz CT molecular complexity index is 642. The smallest absolute Gasteiger partial charge is 0.251 e. The average molecular weight is 253 g/mol. The number of fused-ring (bicyclic) bond motifs is 3. The number of pyridine rings is 1. The lowest BCUT2D eigenvalue weighted by Gasteiger charge is -2.29. The van der Waals surface area contributed by atoms with E-state index in [0.29, 0.717) is 6.04 Å². The molecule has 1 atom stereocenters. The molecule has 0 fully saturated rings. The highest BCUT2D eigenvalue weighted by Gasteiger charge is 2.23. The molecule has 1 aromatic heterocycles. The molecule has 2 nitrogen and oxygen atoms in total. The van der Waals surface area contributed by atoms with Gasteiger partial charge < -0.3 is 4.57 Å². The van der Waals surface area contributed by atoms with Crippen molar-refractivity contribution < 1.29 is 0 Å². The van der Waals surface area contributed by atoms with Gasteiger partial charge in [-0.15, -0.1) is 0 Å². The first kappa shape index (κ1) is 12.2. The Morgan fingerprint density at radius 1 is 1.16 bits per heavy atom. The molecule has 2 aromatic rings. The third-order valence-electron chi connectivity index (χ3n) is 3.99. The van der Waals surface area contributed by atoms with Gasteiger partial charge in [0.15, 0.2) is 0 Å². The lowest BCUT2D eigenvalue weighted by molar-refractivity contribution is 0.431. The number of aromatic nitrogens is 1. The van der Waals surface area contributed by atoms with E-state index in [9.17, 15) is 4.79 Å². The van der Waals surface area contributed by atoms with Gasteiger partial charge in [0.2, 0.25) is 0 Å². The Kier molecular flexibility index (Phi) is 3.24. The summed E-state index contributed by atoms with van der Waals surface area (Å²) in [5, 5.41) is 0. The summed E-state index contributed by atoms with van der Waals surface area (Å²) in [6.45, 7) is 2.20. The van der Waals surface area contributed by atoms with Crippen molar-refractivity contribution in [3.05, 3.63) is 58.4 Å². The monoisotopic (exact) mass is 253 g/mol. The Balaban J connectivity index is 2.14. The number of hydrogen-bond acceptors (Lipinski definition) is 1. The molecule has 0 spiro atoms. The molecule has 19 heavy (non-hydrogen) atoms. The Morgan fingerprint density at radius 3 is 2.84 bits per heavy atom. The van der Waals surface area contributed by atoms with Crippen LogP contribution >= 0.6 is 0 Å². The first-order chi connectivity index (χ1) is 9.31. The third kappa shape index (κ3) is 2.12. The van der Waals surface area contributed by atoms with E-state index in [1.165, 1.54) is 24.0 Å². The normalized spacial score (nSPS) is 16.8. The second kappa shape index (κ2) is 5.04. The van der Waals surface area contributed by atoms with Crippen LogP contribution in [0.25, 0.3) is 11.3 Å². The highest BCUT2D eigenvalue weighted by molar-refractivity contribution is 5.66. The largest absolute Gasteiger partial charge is 0.305 e. The first-order valence-corrected chi connectivity index (χ1v) is 7.11. The molecule has 1 aromatic carbocycles. The van der Waals surface area contributed by atoms with E-state index in [-0.39, 0.29) is 5.56 Å². The lowest BCUT2D eigenvalue weighted by atomic mass is 9.90. The van der Waals surface area contributed by atoms with E-state index in [0.717, 1.165) is 18.5 Å². The summed E-state index contributed by atoms with van der Waals surface area (Å²) < 4.78 is 2.00. The van der Waals surface area contributed by atoms with Crippen LogP contribution in [0.3, 0.4) is 0 Å². The maximum atomic E-state index is 12.2. The maximum Gasteiger partial charge on any atom is 0.251 e. The van der Waals surface area contributed by atoms with Crippen molar-refractivity contribution >= 4 is 0 Å². The number of rotatable bonds is 3. The van der Waals surface area contributed by atoms with Gasteiger partial charge in [0.05, 0.1) is 5.69 Å². The predicted octanol–water partition coefficient (Wildman–Crippen LogP) is 3.80. The summed E-state index contributed by atoms with van der Waals surface area (Å²) >= 11 is 0. The molecule has 0 amide bonds. The minimum atomic E-state index is 0.133. The van der Waals surface area contributed by atoms with Crippen LogP contribution in [0.15, 0.2) is 47.3 Å². The molecule has 2 heteroatoms. The van der Waals surface area contributed by atoms with Crippen LogP contribution in [0.5, 0.6) is 0 Å². The molecule has 0 saturated carbocycles. The molecule has 1 aliphatic rings. The minimum absolute atomic E-state index is 0.133. The maximum absolute atomic E-state index is 12.2. The number of nitrogens with zero attached hydrogens (tertiary/aromatic N) is 1. The van der Waals surface area contributed by atoms with Crippen LogP contribution in [-0.4, -0.2) is 4.57 Å². The topological polar surface area (TPSA) is 22.0 Å². The van der Waals surface area contributed by atoms with Gasteiger partial charge in [-0.2, -0.15) is 0 Å². The van der Waals surface area contributed by atoms with Crippen LogP contribution in [0.4, 0.5) is 0 Å². The van der Waals surface area contributed by atoms with Gasteiger partial charge in [-0.05, 0) is 24.5 Å². The van der Waals surface area contributed by atoms with Gasteiger partial charge in [-0.3, -0.25) is 4.79 Å². The van der Waals surface area contributed by atoms with Crippen LogP contribution in [-0.2, 0) is 6.42 Å². The predicted molar refractivity (Wildman–Crippen MR) is 78.4 cm³/mol. The molecule has 0 saturated heterocycles. The van der Waals surface area contributed by atoms with E-state index in [1.54, 1.807) is 6.07 Å². The third-order valence-corrected chi connectivity index (χ3v) is 3.99. The van der Waals surface area contributed by atoms with Crippen molar-refractivity contribution in [2.24, 2.45) is 0 Å². The van der Waals surface area contributed by atoms with Crippen LogP contribution in [0.2, 0.25) is 0 Å². The van der Waals surface area contributed by atoms with Crippen LogP contribution in [0, 0.1) is 0 Å². The summed E-state index contributed by atoms with van der Waals surface area (Å²) in [6.07, 6.45) is 4.41. The Morgan fingerprint density at radius 2 is 2.00 bits per heavy atom. The first-order valence-electron chi connectivity index (χ1n) is 7.11. The fourth-order valence-electron chi connectivity index (χ4n) is 3.06. The molecule has 0 radical (unpaired) electrons. The van der Waals surface area contributed by atoms with Crippen molar-refractivity contribution in [3.63, 3.8) is 0 Å². The molecule has 0 N–H and O–H groups in total. The minimum Gasteiger partial charge on any atom is -0.305 e. The van der Waals surface area contributed by atoms with E-state index in [1.807, 2.05) is 16.7 Å². The van der Waals surface area contributed by atoms with E-state index < -0.39 is 0 Å². The second-order valence-electron chi connectivity index (χ2n) is 5.28. The van der Waals surface area contributed by atoms with Crippen LogP contribution in [0.1, 0.15) is 37.8 Å². The number of hydrogen-bond donors (Lipinski definition) is 0. The summed E-state index contributed by atoms with van der Waals surface area (Å²) in [7, 11) is 0. The second-order valence-corrected chi connectivity index (χ2v) is 5.28. The van der Waals surface area contributed by atoms with Gasteiger partial charge in [0, 0.05) is 17.7 Å². The molecule has 0 aliphatic carbocycles. The molecule has 1 aliphatic heterocycles. The van der Waals surface area contributed by atoms with E-state index in [4.69, 9.17) is 0 Å².